The van der Waals surface area contributed by atoms with E-state index in [0.29, 0.717) is 5.02 Å². The Kier molecular flexibility index (Phi) is 6.55. The smallest absolute Gasteiger partial charge is 0.136 e. The van der Waals surface area contributed by atoms with Crippen LogP contribution in [0.1, 0.15) is 25.0 Å². The van der Waals surface area contributed by atoms with E-state index in [1.54, 1.807) is 0 Å². The molecule has 0 amide bonds. The highest BCUT2D eigenvalue weighted by molar-refractivity contribution is 9.10. The second-order valence-corrected chi connectivity index (χ2v) is 6.09. The number of hydrogen-bond acceptors (Lipinski definition) is 2. The largest absolute Gasteiger partial charge is 0.483 e. The van der Waals surface area contributed by atoms with Crippen molar-refractivity contribution in [2.45, 2.75) is 19.4 Å². The van der Waals surface area contributed by atoms with Gasteiger partial charge in [-0.2, -0.15) is 0 Å². The van der Waals surface area contributed by atoms with Crippen molar-refractivity contribution in [1.82, 2.24) is 5.32 Å². The van der Waals surface area contributed by atoms with Gasteiger partial charge in [0.25, 0.3) is 0 Å². The lowest BCUT2D eigenvalue weighted by Crippen LogP contribution is -2.25. The summed E-state index contributed by atoms with van der Waals surface area (Å²) in [5, 5.41) is 4.11. The van der Waals surface area contributed by atoms with Gasteiger partial charge in [0, 0.05) is 11.6 Å². The first-order valence-corrected chi connectivity index (χ1v) is 8.25. The average Bonchev–Trinajstić information content (AvgIpc) is 2.49. The lowest BCUT2D eigenvalue weighted by Gasteiger charge is -2.21. The number of halogens is 2. The highest BCUT2D eigenvalue weighted by atomic mass is 79.9. The van der Waals surface area contributed by atoms with Gasteiger partial charge in [0.15, 0.2) is 0 Å². The highest BCUT2D eigenvalue weighted by Gasteiger charge is 2.14. The van der Waals surface area contributed by atoms with Gasteiger partial charge in [0.2, 0.25) is 0 Å². The van der Waals surface area contributed by atoms with Gasteiger partial charge in [0.1, 0.15) is 11.9 Å². The van der Waals surface area contributed by atoms with Gasteiger partial charge in [-0.05, 0) is 52.7 Å². The van der Waals surface area contributed by atoms with Crippen LogP contribution in [-0.2, 0) is 0 Å². The number of ether oxygens (including phenoxy) is 1. The van der Waals surface area contributed by atoms with Crippen LogP contribution >= 0.6 is 27.5 Å². The Labute approximate surface area is 139 Å². The first-order valence-electron chi connectivity index (χ1n) is 7.08. The van der Waals surface area contributed by atoms with Crippen LogP contribution in [0.5, 0.6) is 5.75 Å². The van der Waals surface area contributed by atoms with Crippen LogP contribution in [0.4, 0.5) is 0 Å². The molecule has 2 aromatic rings. The molecule has 2 nitrogen and oxygen atoms in total. The molecule has 4 heteroatoms. The molecule has 0 saturated carbocycles. The predicted molar refractivity (Wildman–Crippen MR) is 92.1 cm³/mol. The quantitative estimate of drug-likeness (QED) is 0.676. The Bertz CT molecular complexity index is 562. The van der Waals surface area contributed by atoms with Crippen LogP contribution in [0.2, 0.25) is 5.02 Å². The predicted octanol–water partition coefficient (Wildman–Crippen LogP) is 5.22. The summed E-state index contributed by atoms with van der Waals surface area (Å²) in [4.78, 5) is 0. The molecule has 1 N–H and O–H groups in total. The maximum atomic E-state index is 6.16. The van der Waals surface area contributed by atoms with Gasteiger partial charge in [0.05, 0.1) is 4.47 Å². The van der Waals surface area contributed by atoms with Gasteiger partial charge < -0.3 is 10.1 Å². The lowest BCUT2D eigenvalue weighted by atomic mass is 10.1. The number of hydrogen-bond donors (Lipinski definition) is 1. The SMILES string of the molecule is CCCNCC(Oc1ccc(Cl)cc1Br)c1ccccc1. The fourth-order valence-corrected chi connectivity index (χ4v) is 2.81. The van der Waals surface area contributed by atoms with Crippen LogP contribution < -0.4 is 10.1 Å². The molecule has 0 spiro atoms. The average molecular weight is 369 g/mol. The minimum absolute atomic E-state index is 0.0322. The summed E-state index contributed by atoms with van der Waals surface area (Å²) in [5.41, 5.74) is 1.16. The minimum atomic E-state index is -0.0322. The van der Waals surface area contributed by atoms with E-state index < -0.39 is 0 Å². The molecule has 0 saturated heterocycles. The van der Waals surface area contributed by atoms with Crippen molar-refractivity contribution in [2.75, 3.05) is 13.1 Å². The Balaban J connectivity index is 2.15. The second kappa shape index (κ2) is 8.42. The van der Waals surface area contributed by atoms with Crippen molar-refractivity contribution in [2.24, 2.45) is 0 Å². The third kappa shape index (κ3) is 5.03. The van der Waals surface area contributed by atoms with Crippen molar-refractivity contribution in [3.05, 3.63) is 63.6 Å². The van der Waals surface area contributed by atoms with Gasteiger partial charge in [-0.3, -0.25) is 0 Å². The van der Waals surface area contributed by atoms with E-state index in [0.717, 1.165) is 35.3 Å². The summed E-state index contributed by atoms with van der Waals surface area (Å²) < 4.78 is 7.03. The van der Waals surface area contributed by atoms with Crippen molar-refractivity contribution < 1.29 is 4.74 Å². The molecule has 0 radical (unpaired) electrons. The Morgan fingerprint density at radius 3 is 2.62 bits per heavy atom. The van der Waals surface area contributed by atoms with E-state index >= 15 is 0 Å². The Morgan fingerprint density at radius 1 is 1.19 bits per heavy atom. The Hall–Kier alpha value is -1.03. The van der Waals surface area contributed by atoms with E-state index in [2.05, 4.69) is 40.3 Å². The first-order chi connectivity index (χ1) is 10.2. The number of nitrogens with one attached hydrogen (secondary N) is 1. The molecule has 2 rings (SSSR count). The summed E-state index contributed by atoms with van der Waals surface area (Å²) in [6.07, 6.45) is 1.07. The monoisotopic (exact) mass is 367 g/mol. The molecule has 0 aromatic heterocycles. The van der Waals surface area contributed by atoms with Crippen LogP contribution in [0.3, 0.4) is 0 Å². The molecule has 0 fully saturated rings. The zero-order valence-electron chi connectivity index (χ0n) is 12.0. The van der Waals surface area contributed by atoms with Crippen LogP contribution in [-0.4, -0.2) is 13.1 Å². The van der Waals surface area contributed by atoms with E-state index in [1.165, 1.54) is 0 Å². The van der Waals surface area contributed by atoms with Crippen LogP contribution in [0.15, 0.2) is 53.0 Å². The molecular formula is C17H19BrClNO. The normalized spacial score (nSPS) is 12.1. The van der Waals surface area contributed by atoms with Crippen molar-refractivity contribution in [1.29, 1.82) is 0 Å². The van der Waals surface area contributed by atoms with E-state index in [-0.39, 0.29) is 6.10 Å². The summed E-state index contributed by atoms with van der Waals surface area (Å²) in [6, 6.07) is 15.8. The standard InChI is InChI=1S/C17H19BrClNO/c1-2-10-20-12-17(13-6-4-3-5-7-13)21-16-9-8-14(19)11-15(16)18/h3-9,11,17,20H,2,10,12H2,1H3. The molecule has 0 aliphatic heterocycles. The Morgan fingerprint density at radius 2 is 1.95 bits per heavy atom. The molecule has 2 aromatic carbocycles. The summed E-state index contributed by atoms with van der Waals surface area (Å²) in [7, 11) is 0. The fraction of sp³-hybridized carbons (Fsp3) is 0.294. The molecule has 0 bridgehead atoms. The van der Waals surface area contributed by atoms with Crippen LogP contribution in [0, 0.1) is 0 Å². The summed E-state index contributed by atoms with van der Waals surface area (Å²) in [5.74, 6) is 0.798. The minimum Gasteiger partial charge on any atom is -0.483 e. The highest BCUT2D eigenvalue weighted by Crippen LogP contribution is 2.31. The van der Waals surface area contributed by atoms with Gasteiger partial charge in [-0.15, -0.1) is 0 Å². The zero-order valence-corrected chi connectivity index (χ0v) is 14.3. The topological polar surface area (TPSA) is 21.3 Å². The third-order valence-corrected chi connectivity index (χ3v) is 3.95. The van der Waals surface area contributed by atoms with Crippen LogP contribution in [0.25, 0.3) is 0 Å². The third-order valence-electron chi connectivity index (χ3n) is 3.09. The molecular weight excluding hydrogens is 350 g/mol. The number of benzene rings is 2. The second-order valence-electron chi connectivity index (χ2n) is 4.80. The van der Waals surface area contributed by atoms with E-state index in [9.17, 15) is 0 Å². The summed E-state index contributed by atoms with van der Waals surface area (Å²) in [6.45, 7) is 3.91. The first kappa shape index (κ1) is 16.3. The van der Waals surface area contributed by atoms with Gasteiger partial charge in [-0.25, -0.2) is 0 Å². The zero-order chi connectivity index (χ0) is 15.1. The van der Waals surface area contributed by atoms with E-state index in [4.69, 9.17) is 16.3 Å². The van der Waals surface area contributed by atoms with E-state index in [1.807, 2.05) is 36.4 Å². The van der Waals surface area contributed by atoms with Gasteiger partial charge >= 0.3 is 0 Å². The molecule has 0 aliphatic carbocycles. The maximum absolute atomic E-state index is 6.16. The molecule has 21 heavy (non-hydrogen) atoms. The lowest BCUT2D eigenvalue weighted by molar-refractivity contribution is 0.200. The molecule has 0 heterocycles. The van der Waals surface area contributed by atoms with Crippen molar-refractivity contribution >= 4 is 27.5 Å². The fourth-order valence-electron chi connectivity index (χ4n) is 2.03. The molecule has 1 atom stereocenters. The maximum Gasteiger partial charge on any atom is 0.136 e. The molecule has 112 valence electrons. The molecule has 1 unspecified atom stereocenters. The van der Waals surface area contributed by atoms with Crippen molar-refractivity contribution in [3.8, 4) is 5.75 Å². The number of rotatable bonds is 7. The molecule has 0 aliphatic rings. The summed E-state index contributed by atoms with van der Waals surface area (Å²) >= 11 is 9.48. The van der Waals surface area contributed by atoms with Crippen molar-refractivity contribution in [3.63, 3.8) is 0 Å². The van der Waals surface area contributed by atoms with Gasteiger partial charge in [-0.1, -0.05) is 48.9 Å².